The van der Waals surface area contributed by atoms with E-state index in [0.717, 1.165) is 25.7 Å². The molecule has 3 rings (SSSR count). The molecule has 0 saturated carbocycles. The fraction of sp³-hybridized carbons (Fsp3) is 0.333. The van der Waals surface area contributed by atoms with Crippen LogP contribution in [0.2, 0.25) is 0 Å². The van der Waals surface area contributed by atoms with Gasteiger partial charge in [-0.3, -0.25) is 9.59 Å². The number of piperidine rings is 1. The first-order valence-corrected chi connectivity index (χ1v) is 7.18. The van der Waals surface area contributed by atoms with Crippen LogP contribution in [-0.4, -0.2) is 51.2 Å². The Morgan fingerprint density at radius 2 is 2.36 bits per heavy atom. The highest BCUT2D eigenvalue weighted by Gasteiger charge is 2.23. The maximum absolute atomic E-state index is 11.7. The largest absolute Gasteiger partial charge is 0.365 e. The minimum absolute atomic E-state index is 0.0606. The number of nitrogens with one attached hydrogen (secondary N) is 2. The van der Waals surface area contributed by atoms with Gasteiger partial charge in [0.05, 0.1) is 5.39 Å². The summed E-state index contributed by atoms with van der Waals surface area (Å²) in [5, 5.41) is 4.02. The smallest absolute Gasteiger partial charge is 0.246 e. The van der Waals surface area contributed by atoms with Crippen LogP contribution in [0.5, 0.6) is 0 Å². The lowest BCUT2D eigenvalue weighted by Gasteiger charge is -2.32. The van der Waals surface area contributed by atoms with Gasteiger partial charge >= 0.3 is 0 Å². The molecule has 0 aliphatic carbocycles. The van der Waals surface area contributed by atoms with Crippen LogP contribution in [0.3, 0.4) is 0 Å². The minimum Gasteiger partial charge on any atom is -0.365 e. The van der Waals surface area contributed by atoms with Gasteiger partial charge in [-0.15, -0.1) is 0 Å². The second-order valence-corrected chi connectivity index (χ2v) is 5.28. The average Bonchev–Trinajstić information content (AvgIpc) is 2.98. The number of likely N-dealkylation sites (tertiary alicyclic amines) is 1. The van der Waals surface area contributed by atoms with Crippen molar-refractivity contribution < 1.29 is 9.59 Å². The van der Waals surface area contributed by atoms with Crippen LogP contribution in [-0.2, 0) is 4.79 Å². The predicted octanol–water partition coefficient (Wildman–Crippen LogP) is 1.36. The van der Waals surface area contributed by atoms with Crippen molar-refractivity contribution in [2.24, 2.45) is 0 Å². The van der Waals surface area contributed by atoms with Crippen molar-refractivity contribution in [2.45, 2.75) is 18.9 Å². The highest BCUT2D eigenvalue weighted by Crippen LogP contribution is 2.24. The van der Waals surface area contributed by atoms with E-state index in [1.54, 1.807) is 11.1 Å². The van der Waals surface area contributed by atoms with Crippen molar-refractivity contribution in [2.75, 3.05) is 18.4 Å². The Labute approximate surface area is 127 Å². The molecule has 3 heterocycles. The van der Waals surface area contributed by atoms with Gasteiger partial charge < -0.3 is 15.2 Å². The number of fused-ring (bicyclic) bond motifs is 1. The van der Waals surface area contributed by atoms with Crippen LogP contribution in [0.15, 0.2) is 25.2 Å². The number of aldehydes is 1. The maximum Gasteiger partial charge on any atom is 0.246 e. The van der Waals surface area contributed by atoms with Gasteiger partial charge in [-0.05, 0) is 18.9 Å². The van der Waals surface area contributed by atoms with Gasteiger partial charge in [0.15, 0.2) is 6.29 Å². The lowest BCUT2D eigenvalue weighted by atomic mass is 10.1. The first-order chi connectivity index (χ1) is 10.7. The van der Waals surface area contributed by atoms with Crippen LogP contribution in [0.4, 0.5) is 5.82 Å². The summed E-state index contributed by atoms with van der Waals surface area (Å²) in [7, 11) is 0. The number of H-pyrrole nitrogens is 1. The zero-order chi connectivity index (χ0) is 15.5. The molecule has 2 aromatic heterocycles. The second-order valence-electron chi connectivity index (χ2n) is 5.28. The Hall–Kier alpha value is -2.70. The van der Waals surface area contributed by atoms with Crippen LogP contribution in [0.1, 0.15) is 23.2 Å². The third-order valence-corrected chi connectivity index (χ3v) is 3.88. The molecule has 0 aromatic carbocycles. The molecule has 1 aliphatic rings. The predicted molar refractivity (Wildman–Crippen MR) is 82.7 cm³/mol. The van der Waals surface area contributed by atoms with Gasteiger partial charge in [0, 0.05) is 30.9 Å². The average molecular weight is 299 g/mol. The van der Waals surface area contributed by atoms with Crippen molar-refractivity contribution >= 4 is 29.0 Å². The van der Waals surface area contributed by atoms with Crippen molar-refractivity contribution in [3.63, 3.8) is 0 Å². The summed E-state index contributed by atoms with van der Waals surface area (Å²) in [5.41, 5.74) is 1.14. The molecule has 1 atom stereocenters. The second kappa shape index (κ2) is 5.97. The molecular weight excluding hydrogens is 282 g/mol. The standard InChI is InChI=1S/C15H17N5O2/c1-2-12(22)20-5-3-4-11(7-20)19-15-13-10(8-21)6-16-14(13)17-9-18-15/h2,6,8-9,11H,1,3-5,7H2,(H2,16,17,18,19). The number of amides is 1. The SMILES string of the molecule is C=CC(=O)N1CCCC(Nc2ncnc3[nH]cc(C=O)c23)C1. The number of aromatic amines is 1. The van der Waals surface area contributed by atoms with E-state index in [0.29, 0.717) is 29.0 Å². The summed E-state index contributed by atoms with van der Waals surface area (Å²) < 4.78 is 0. The van der Waals surface area contributed by atoms with Crippen molar-refractivity contribution in [1.82, 2.24) is 19.9 Å². The van der Waals surface area contributed by atoms with E-state index in [2.05, 4.69) is 26.8 Å². The zero-order valence-electron chi connectivity index (χ0n) is 12.1. The molecule has 1 unspecified atom stereocenters. The van der Waals surface area contributed by atoms with Crippen molar-refractivity contribution in [3.05, 3.63) is 30.7 Å². The highest BCUT2D eigenvalue weighted by molar-refractivity contribution is 6.01. The summed E-state index contributed by atoms with van der Waals surface area (Å²) in [4.78, 5) is 36.0. The van der Waals surface area contributed by atoms with E-state index in [-0.39, 0.29) is 11.9 Å². The lowest BCUT2D eigenvalue weighted by Crippen LogP contribution is -2.44. The third kappa shape index (κ3) is 2.57. The molecule has 7 heteroatoms. The molecule has 7 nitrogen and oxygen atoms in total. The zero-order valence-corrected chi connectivity index (χ0v) is 12.1. The van der Waals surface area contributed by atoms with Gasteiger partial charge in [0.1, 0.15) is 17.8 Å². The summed E-state index contributed by atoms with van der Waals surface area (Å²) in [5.74, 6) is 0.556. The number of hydrogen-bond donors (Lipinski definition) is 2. The molecule has 1 aliphatic heterocycles. The molecule has 0 radical (unpaired) electrons. The molecule has 22 heavy (non-hydrogen) atoms. The number of nitrogens with zero attached hydrogens (tertiary/aromatic N) is 3. The van der Waals surface area contributed by atoms with Crippen molar-refractivity contribution in [1.29, 1.82) is 0 Å². The van der Waals surface area contributed by atoms with E-state index in [4.69, 9.17) is 0 Å². The van der Waals surface area contributed by atoms with Gasteiger partial charge in [-0.25, -0.2) is 9.97 Å². The summed E-state index contributed by atoms with van der Waals surface area (Å²) in [6.45, 7) is 4.86. The Balaban J connectivity index is 1.83. The van der Waals surface area contributed by atoms with Gasteiger partial charge in [0.25, 0.3) is 0 Å². The van der Waals surface area contributed by atoms with Crippen molar-refractivity contribution in [3.8, 4) is 0 Å². The molecular formula is C15H17N5O2. The summed E-state index contributed by atoms with van der Waals surface area (Å²) in [6, 6.07) is 0.0881. The number of carbonyl (C=O) groups excluding carboxylic acids is 2. The van der Waals surface area contributed by atoms with Crippen LogP contribution >= 0.6 is 0 Å². The Morgan fingerprint density at radius 1 is 1.50 bits per heavy atom. The molecule has 0 bridgehead atoms. The van der Waals surface area contributed by atoms with Gasteiger partial charge in [-0.1, -0.05) is 6.58 Å². The Kier molecular flexibility index (Phi) is 3.86. The molecule has 1 saturated heterocycles. The van der Waals surface area contributed by atoms with Crippen LogP contribution in [0, 0.1) is 0 Å². The van der Waals surface area contributed by atoms with E-state index in [9.17, 15) is 9.59 Å². The van der Waals surface area contributed by atoms with Gasteiger partial charge in [-0.2, -0.15) is 0 Å². The first kappa shape index (κ1) is 14.2. The van der Waals surface area contributed by atoms with E-state index in [1.165, 1.54) is 12.4 Å². The Bertz CT molecular complexity index is 724. The van der Waals surface area contributed by atoms with E-state index < -0.39 is 0 Å². The molecule has 0 spiro atoms. The lowest BCUT2D eigenvalue weighted by molar-refractivity contribution is -0.127. The van der Waals surface area contributed by atoms with Crippen LogP contribution in [0.25, 0.3) is 11.0 Å². The number of hydrogen-bond acceptors (Lipinski definition) is 5. The number of rotatable bonds is 4. The quantitative estimate of drug-likeness (QED) is 0.657. The third-order valence-electron chi connectivity index (χ3n) is 3.88. The summed E-state index contributed by atoms with van der Waals surface area (Å²) in [6.07, 6.45) is 7.04. The fourth-order valence-electron chi connectivity index (χ4n) is 2.81. The van der Waals surface area contributed by atoms with E-state index >= 15 is 0 Å². The van der Waals surface area contributed by atoms with Gasteiger partial charge in [0.2, 0.25) is 5.91 Å². The topological polar surface area (TPSA) is 91.0 Å². The number of carbonyl (C=O) groups is 2. The molecule has 2 aromatic rings. The normalized spacial score (nSPS) is 18.2. The maximum atomic E-state index is 11.7. The molecule has 114 valence electrons. The monoisotopic (exact) mass is 299 g/mol. The molecule has 1 amide bonds. The number of aromatic nitrogens is 3. The van der Waals surface area contributed by atoms with E-state index in [1.807, 2.05) is 0 Å². The molecule has 1 fully saturated rings. The first-order valence-electron chi connectivity index (χ1n) is 7.18. The fourth-order valence-corrected chi connectivity index (χ4v) is 2.81. The Morgan fingerprint density at radius 3 is 3.14 bits per heavy atom. The molecule has 2 N–H and O–H groups in total. The minimum atomic E-state index is -0.0606. The summed E-state index contributed by atoms with van der Waals surface area (Å²) >= 11 is 0. The highest BCUT2D eigenvalue weighted by atomic mass is 16.2. The number of anilines is 1. The van der Waals surface area contributed by atoms with Crippen LogP contribution < -0.4 is 5.32 Å².